The maximum Gasteiger partial charge on any atom is 0.257 e. The lowest BCUT2D eigenvalue weighted by Gasteiger charge is -2.17. The lowest BCUT2D eigenvalue weighted by Crippen LogP contribution is -2.17. The van der Waals surface area contributed by atoms with Gasteiger partial charge in [-0.25, -0.2) is 0 Å². The second kappa shape index (κ2) is 7.70. The number of hydrogen-bond donors (Lipinski definition) is 1. The number of anilines is 2. The highest BCUT2D eigenvalue weighted by Crippen LogP contribution is 2.24. The number of amides is 1. The summed E-state index contributed by atoms with van der Waals surface area (Å²) in [6.07, 6.45) is 3.24. The first-order chi connectivity index (χ1) is 12.8. The van der Waals surface area contributed by atoms with Gasteiger partial charge in [0.2, 0.25) is 11.8 Å². The van der Waals surface area contributed by atoms with Crippen molar-refractivity contribution in [2.24, 2.45) is 0 Å². The molecule has 2 aromatic heterocycles. The average molecular weight is 368 g/mol. The molecule has 1 aliphatic rings. The normalized spacial score (nSPS) is 13.9. The van der Waals surface area contributed by atoms with Gasteiger partial charge >= 0.3 is 0 Å². The van der Waals surface area contributed by atoms with Gasteiger partial charge in [0, 0.05) is 37.3 Å². The molecule has 0 unspecified atom stereocenters. The van der Waals surface area contributed by atoms with Crippen LogP contribution in [0, 0.1) is 0 Å². The first-order valence-corrected chi connectivity index (χ1v) is 9.67. The first kappa shape index (κ1) is 16.8. The number of benzene rings is 1. The van der Waals surface area contributed by atoms with Crippen LogP contribution < -0.4 is 10.2 Å². The zero-order valence-electron chi connectivity index (χ0n) is 14.4. The lowest BCUT2D eigenvalue weighted by molar-refractivity contribution is -0.116. The monoisotopic (exact) mass is 368 g/mol. The predicted octanol–water partition coefficient (Wildman–Crippen LogP) is 3.97. The number of thiophene rings is 1. The molecule has 0 atom stereocenters. The highest BCUT2D eigenvalue weighted by Gasteiger charge is 2.13. The van der Waals surface area contributed by atoms with Crippen molar-refractivity contribution in [1.29, 1.82) is 0 Å². The van der Waals surface area contributed by atoms with Crippen LogP contribution in [0.4, 0.5) is 11.4 Å². The van der Waals surface area contributed by atoms with Crippen LogP contribution in [0.3, 0.4) is 0 Å². The van der Waals surface area contributed by atoms with Crippen molar-refractivity contribution in [3.63, 3.8) is 0 Å². The van der Waals surface area contributed by atoms with Crippen LogP contribution in [0.5, 0.6) is 0 Å². The minimum Gasteiger partial charge on any atom is -0.420 e. The molecule has 1 N–H and O–H groups in total. The van der Waals surface area contributed by atoms with E-state index in [1.165, 1.54) is 18.5 Å². The summed E-state index contributed by atoms with van der Waals surface area (Å²) in [5.74, 6) is 0.927. The van der Waals surface area contributed by atoms with Crippen LogP contribution >= 0.6 is 11.3 Å². The average Bonchev–Trinajstić information content (AvgIpc) is 3.42. The Balaban J connectivity index is 1.28. The second-order valence-corrected chi connectivity index (χ2v) is 7.22. The number of nitrogens with one attached hydrogen (secondary N) is 1. The number of aryl methyl sites for hydroxylation is 1. The van der Waals surface area contributed by atoms with Crippen molar-refractivity contribution in [3.8, 4) is 10.8 Å². The van der Waals surface area contributed by atoms with Gasteiger partial charge in [-0.2, -0.15) is 0 Å². The van der Waals surface area contributed by atoms with Crippen LogP contribution in [-0.4, -0.2) is 29.2 Å². The Bertz CT molecular complexity index is 852. The topological polar surface area (TPSA) is 71.3 Å². The molecule has 0 radical (unpaired) electrons. The fraction of sp³-hybridized carbons (Fsp3) is 0.316. The van der Waals surface area contributed by atoms with Crippen molar-refractivity contribution >= 4 is 28.6 Å². The standard InChI is InChI=1S/C19H20N4O2S/c24-17(9-10-18-21-22-19(25-18)16-4-3-13-26-16)20-14-5-7-15(8-6-14)23-11-1-2-12-23/h3-8,13H,1-2,9-12H2,(H,20,24). The molecule has 0 spiro atoms. The molecule has 7 heteroatoms. The van der Waals surface area contributed by atoms with Crippen LogP contribution in [0.15, 0.2) is 46.2 Å². The van der Waals surface area contributed by atoms with Gasteiger partial charge in [-0.15, -0.1) is 21.5 Å². The SMILES string of the molecule is O=C(CCc1nnc(-c2cccs2)o1)Nc1ccc(N2CCCC2)cc1. The summed E-state index contributed by atoms with van der Waals surface area (Å²) in [6, 6.07) is 11.9. The first-order valence-electron chi connectivity index (χ1n) is 8.79. The van der Waals surface area contributed by atoms with E-state index in [2.05, 4.69) is 32.5 Å². The molecule has 0 aliphatic carbocycles. The van der Waals surface area contributed by atoms with Crippen molar-refractivity contribution in [1.82, 2.24) is 10.2 Å². The fourth-order valence-electron chi connectivity index (χ4n) is 3.03. The van der Waals surface area contributed by atoms with Crippen molar-refractivity contribution in [2.45, 2.75) is 25.7 Å². The molecule has 6 nitrogen and oxygen atoms in total. The number of carbonyl (C=O) groups is 1. The van der Waals surface area contributed by atoms with E-state index in [1.54, 1.807) is 11.3 Å². The van der Waals surface area contributed by atoms with Gasteiger partial charge in [-0.05, 0) is 48.6 Å². The molecular formula is C19H20N4O2S. The Morgan fingerprint density at radius 2 is 1.96 bits per heavy atom. The van der Waals surface area contributed by atoms with Gasteiger partial charge in [-0.1, -0.05) is 6.07 Å². The maximum absolute atomic E-state index is 12.2. The molecule has 4 rings (SSSR count). The minimum absolute atomic E-state index is 0.0604. The van der Waals surface area contributed by atoms with Crippen LogP contribution in [0.2, 0.25) is 0 Å². The Labute approximate surface area is 155 Å². The molecule has 3 heterocycles. The van der Waals surface area contributed by atoms with Gasteiger partial charge in [0.15, 0.2) is 0 Å². The number of hydrogen-bond acceptors (Lipinski definition) is 6. The number of nitrogens with zero attached hydrogens (tertiary/aromatic N) is 3. The third-order valence-corrected chi connectivity index (χ3v) is 5.24. The quantitative estimate of drug-likeness (QED) is 0.713. The highest BCUT2D eigenvalue weighted by molar-refractivity contribution is 7.13. The van der Waals surface area contributed by atoms with Gasteiger partial charge < -0.3 is 14.6 Å². The summed E-state index contributed by atoms with van der Waals surface area (Å²) < 4.78 is 5.60. The van der Waals surface area contributed by atoms with E-state index in [0.29, 0.717) is 24.6 Å². The molecule has 1 fully saturated rings. The lowest BCUT2D eigenvalue weighted by atomic mass is 10.2. The number of aromatic nitrogens is 2. The van der Waals surface area contributed by atoms with Gasteiger partial charge in [0.1, 0.15) is 0 Å². The molecule has 3 aromatic rings. The Morgan fingerprint density at radius 1 is 1.15 bits per heavy atom. The summed E-state index contributed by atoms with van der Waals surface area (Å²) in [4.78, 5) is 15.5. The molecule has 0 bridgehead atoms. The minimum atomic E-state index is -0.0604. The van der Waals surface area contributed by atoms with Crippen molar-refractivity contribution in [2.75, 3.05) is 23.3 Å². The van der Waals surface area contributed by atoms with E-state index in [1.807, 2.05) is 29.6 Å². The number of carbonyl (C=O) groups excluding carboxylic acids is 1. The molecule has 1 aliphatic heterocycles. The summed E-state index contributed by atoms with van der Waals surface area (Å²) in [5.41, 5.74) is 2.02. The fourth-order valence-corrected chi connectivity index (χ4v) is 3.67. The summed E-state index contributed by atoms with van der Waals surface area (Å²) in [5, 5.41) is 12.9. The molecule has 26 heavy (non-hydrogen) atoms. The third-order valence-electron chi connectivity index (χ3n) is 4.39. The predicted molar refractivity (Wildman–Crippen MR) is 102 cm³/mol. The van der Waals surface area contributed by atoms with Gasteiger partial charge in [0.25, 0.3) is 5.89 Å². The summed E-state index contributed by atoms with van der Waals surface area (Å²) >= 11 is 1.55. The largest absolute Gasteiger partial charge is 0.420 e. The van der Waals surface area contributed by atoms with Gasteiger partial charge in [-0.3, -0.25) is 4.79 Å². The zero-order valence-corrected chi connectivity index (χ0v) is 15.2. The van der Waals surface area contributed by atoms with Crippen molar-refractivity contribution in [3.05, 3.63) is 47.7 Å². The summed E-state index contributed by atoms with van der Waals surface area (Å²) in [6.45, 7) is 2.23. The zero-order chi connectivity index (χ0) is 17.8. The van der Waals surface area contributed by atoms with E-state index in [9.17, 15) is 4.79 Å². The van der Waals surface area contributed by atoms with Crippen LogP contribution in [-0.2, 0) is 11.2 Å². The van der Waals surface area contributed by atoms with Crippen molar-refractivity contribution < 1.29 is 9.21 Å². The Kier molecular flexibility index (Phi) is 4.97. The van der Waals surface area contributed by atoms with Crippen LogP contribution in [0.25, 0.3) is 10.8 Å². The van der Waals surface area contributed by atoms with E-state index in [0.717, 1.165) is 23.7 Å². The molecule has 0 saturated carbocycles. The van der Waals surface area contributed by atoms with E-state index >= 15 is 0 Å². The van der Waals surface area contributed by atoms with E-state index in [4.69, 9.17) is 4.42 Å². The maximum atomic E-state index is 12.2. The highest BCUT2D eigenvalue weighted by atomic mass is 32.1. The molecule has 1 aromatic carbocycles. The van der Waals surface area contributed by atoms with Gasteiger partial charge in [0.05, 0.1) is 4.88 Å². The Hall–Kier alpha value is -2.67. The van der Waals surface area contributed by atoms with E-state index < -0.39 is 0 Å². The van der Waals surface area contributed by atoms with Crippen LogP contribution in [0.1, 0.15) is 25.2 Å². The van der Waals surface area contributed by atoms with E-state index in [-0.39, 0.29) is 5.91 Å². The third kappa shape index (κ3) is 3.94. The number of rotatable bonds is 6. The molecule has 134 valence electrons. The Morgan fingerprint density at radius 3 is 2.69 bits per heavy atom. The molecule has 1 saturated heterocycles. The second-order valence-electron chi connectivity index (χ2n) is 6.27. The summed E-state index contributed by atoms with van der Waals surface area (Å²) in [7, 11) is 0. The molecule has 1 amide bonds. The smallest absolute Gasteiger partial charge is 0.257 e. The molecular weight excluding hydrogens is 348 g/mol.